The van der Waals surface area contributed by atoms with Gasteiger partial charge >= 0.3 is 0 Å². The smallest absolute Gasteiger partial charge is 0.135 e. The van der Waals surface area contributed by atoms with Crippen molar-refractivity contribution in [3.63, 3.8) is 0 Å². The van der Waals surface area contributed by atoms with Crippen LogP contribution in [0.25, 0.3) is 0 Å². The van der Waals surface area contributed by atoms with E-state index < -0.39 is 0 Å². The molecule has 1 aromatic rings. The minimum atomic E-state index is 0. The molecule has 0 unspecified atom stereocenters. The Morgan fingerprint density at radius 2 is 1.74 bits per heavy atom. The number of anilines is 1. The summed E-state index contributed by atoms with van der Waals surface area (Å²) in [5.74, 6) is 3.10. The van der Waals surface area contributed by atoms with Crippen molar-refractivity contribution in [3.8, 4) is 5.75 Å². The van der Waals surface area contributed by atoms with E-state index in [-0.39, 0.29) is 37.2 Å². The van der Waals surface area contributed by atoms with E-state index in [0.29, 0.717) is 6.04 Å². The van der Waals surface area contributed by atoms with Gasteiger partial charge in [0.2, 0.25) is 0 Å². The monoisotopic (exact) mass is 438 g/mol. The summed E-state index contributed by atoms with van der Waals surface area (Å²) >= 11 is 0. The number of ether oxygens (including phenoxy) is 1. The van der Waals surface area contributed by atoms with Gasteiger partial charge in [-0.1, -0.05) is 0 Å². The average Bonchev–Trinajstić information content (AvgIpc) is 3.10. The number of fused-ring (bicyclic) bond motifs is 1. The molecule has 0 radical (unpaired) electrons. The van der Waals surface area contributed by atoms with E-state index in [1.54, 1.807) is 0 Å². The molecule has 0 bridgehead atoms. The second kappa shape index (κ2) is 11.5. The third-order valence-corrected chi connectivity index (χ3v) is 6.02. The highest BCUT2D eigenvalue weighted by Crippen LogP contribution is 2.32. The fourth-order valence-corrected chi connectivity index (χ4v) is 4.40. The van der Waals surface area contributed by atoms with E-state index in [9.17, 15) is 0 Å². The Hall–Kier alpha value is -0.460. The van der Waals surface area contributed by atoms with E-state index in [1.807, 2.05) is 12.3 Å². The van der Waals surface area contributed by atoms with Crippen LogP contribution in [-0.2, 0) is 6.42 Å². The Balaban J connectivity index is 0.00000121. The summed E-state index contributed by atoms with van der Waals surface area (Å²) < 4.78 is 5.68. The van der Waals surface area contributed by atoms with E-state index in [4.69, 9.17) is 10.5 Å². The molecule has 3 aliphatic rings. The number of nitrogens with zero attached hydrogens (tertiary/aromatic N) is 3. The summed E-state index contributed by atoms with van der Waals surface area (Å²) in [4.78, 5) is 9.72. The molecule has 0 atom stereocenters. The molecule has 0 spiro atoms. The van der Waals surface area contributed by atoms with Gasteiger partial charge in [0.15, 0.2) is 0 Å². The molecule has 1 aliphatic carbocycles. The van der Waals surface area contributed by atoms with Crippen molar-refractivity contribution < 1.29 is 4.74 Å². The maximum atomic E-state index is 6.01. The fourth-order valence-electron chi connectivity index (χ4n) is 4.40. The number of pyridine rings is 1. The predicted octanol–water partition coefficient (Wildman–Crippen LogP) is 3.31. The van der Waals surface area contributed by atoms with Gasteiger partial charge in [0, 0.05) is 50.4 Å². The number of aromatic nitrogens is 1. The number of hydrogen-bond donors (Lipinski definition) is 1. The maximum absolute atomic E-state index is 6.01. The summed E-state index contributed by atoms with van der Waals surface area (Å²) in [5.41, 5.74) is 7.32. The molecule has 2 aliphatic heterocycles. The van der Waals surface area contributed by atoms with E-state index >= 15 is 0 Å². The van der Waals surface area contributed by atoms with Crippen LogP contribution in [0.4, 0.5) is 5.82 Å². The topological polar surface area (TPSA) is 54.6 Å². The molecule has 5 nitrogen and oxygen atoms in total. The number of rotatable bonds is 4. The first kappa shape index (κ1) is 24.6. The summed E-state index contributed by atoms with van der Waals surface area (Å²) in [5, 5.41) is 0. The standard InChI is InChI=1S/C19H30N4O.3ClH/c20-16-3-1-15(2-4-16)6-9-22-10-12-23(13-11-22)19-17-7-14-24-18(17)5-8-21-19;;;/h5,8,15-16H,1-4,6-7,9-14,20H2;3*1H/t15-,16-;;;. The molecule has 0 amide bonds. The van der Waals surface area contributed by atoms with Crippen LogP contribution in [0.3, 0.4) is 0 Å². The van der Waals surface area contributed by atoms with Crippen molar-refractivity contribution in [1.82, 2.24) is 9.88 Å². The molecule has 4 rings (SSSR count). The van der Waals surface area contributed by atoms with E-state index in [0.717, 1.165) is 56.7 Å². The second-order valence-corrected chi connectivity index (χ2v) is 7.61. The van der Waals surface area contributed by atoms with Crippen molar-refractivity contribution >= 4 is 43.0 Å². The van der Waals surface area contributed by atoms with Crippen molar-refractivity contribution in [2.45, 2.75) is 44.6 Å². The molecule has 1 saturated carbocycles. The Bertz CT molecular complexity index is 562. The first-order valence-electron chi connectivity index (χ1n) is 9.63. The largest absolute Gasteiger partial charge is 0.493 e. The van der Waals surface area contributed by atoms with E-state index in [2.05, 4.69) is 14.8 Å². The minimum Gasteiger partial charge on any atom is -0.493 e. The average molecular weight is 440 g/mol. The van der Waals surface area contributed by atoms with Gasteiger partial charge in [-0.2, -0.15) is 0 Å². The first-order chi connectivity index (χ1) is 11.8. The molecule has 27 heavy (non-hydrogen) atoms. The molecule has 1 saturated heterocycles. The van der Waals surface area contributed by atoms with Crippen molar-refractivity contribution in [1.29, 1.82) is 0 Å². The van der Waals surface area contributed by atoms with Crippen molar-refractivity contribution in [2.75, 3.05) is 44.2 Å². The minimum absolute atomic E-state index is 0. The maximum Gasteiger partial charge on any atom is 0.135 e. The summed E-state index contributed by atoms with van der Waals surface area (Å²) in [6.45, 7) is 6.52. The molecule has 2 fully saturated rings. The van der Waals surface area contributed by atoms with Crippen LogP contribution in [0.2, 0.25) is 0 Å². The fraction of sp³-hybridized carbons (Fsp3) is 0.737. The number of hydrogen-bond acceptors (Lipinski definition) is 5. The molecule has 1 aromatic heterocycles. The molecule has 3 heterocycles. The lowest BCUT2D eigenvalue weighted by Crippen LogP contribution is -2.47. The molecule has 8 heteroatoms. The van der Waals surface area contributed by atoms with Crippen LogP contribution < -0.4 is 15.4 Å². The van der Waals surface area contributed by atoms with Gasteiger partial charge in [0.25, 0.3) is 0 Å². The summed E-state index contributed by atoms with van der Waals surface area (Å²) in [7, 11) is 0. The molecule has 156 valence electrons. The molecule has 0 aromatic carbocycles. The number of nitrogens with two attached hydrogens (primary N) is 1. The lowest BCUT2D eigenvalue weighted by molar-refractivity contribution is 0.216. The Labute approximate surface area is 181 Å². The Morgan fingerprint density at radius 3 is 2.44 bits per heavy atom. The van der Waals surface area contributed by atoms with Gasteiger partial charge in [-0.3, -0.25) is 4.90 Å². The number of piperazine rings is 1. The normalized spacial score (nSPS) is 24.7. The molecular formula is C19H33Cl3N4O. The van der Waals surface area contributed by atoms with Gasteiger partial charge < -0.3 is 15.4 Å². The van der Waals surface area contributed by atoms with Crippen LogP contribution in [0.1, 0.15) is 37.7 Å². The Morgan fingerprint density at radius 1 is 1.04 bits per heavy atom. The van der Waals surface area contributed by atoms with Crippen LogP contribution in [-0.4, -0.2) is 55.3 Å². The lowest BCUT2D eigenvalue weighted by Gasteiger charge is -2.37. The second-order valence-electron chi connectivity index (χ2n) is 7.61. The van der Waals surface area contributed by atoms with Crippen molar-refractivity contribution in [2.24, 2.45) is 11.7 Å². The van der Waals surface area contributed by atoms with E-state index in [1.165, 1.54) is 44.2 Å². The highest BCUT2D eigenvalue weighted by Gasteiger charge is 2.25. The Kier molecular flexibility index (Phi) is 10.5. The summed E-state index contributed by atoms with van der Waals surface area (Å²) in [6.07, 6.45) is 9.36. The van der Waals surface area contributed by atoms with Crippen molar-refractivity contribution in [3.05, 3.63) is 17.8 Å². The number of halogens is 3. The van der Waals surface area contributed by atoms with Crippen LogP contribution in [0, 0.1) is 5.92 Å². The van der Waals surface area contributed by atoms with Gasteiger partial charge in [0.05, 0.1) is 6.61 Å². The zero-order valence-electron chi connectivity index (χ0n) is 15.8. The first-order valence-corrected chi connectivity index (χ1v) is 9.63. The molecular weight excluding hydrogens is 407 g/mol. The third kappa shape index (κ3) is 6.01. The quantitative estimate of drug-likeness (QED) is 0.780. The van der Waals surface area contributed by atoms with Crippen LogP contribution in [0.5, 0.6) is 5.75 Å². The SMILES string of the molecule is Cl.Cl.Cl.N[C@H]1CC[C@H](CCN2CCN(c3nccc4c3CCO4)CC2)CC1. The van der Waals surface area contributed by atoms with Gasteiger partial charge in [-0.25, -0.2) is 4.98 Å². The van der Waals surface area contributed by atoms with Crippen LogP contribution >= 0.6 is 37.2 Å². The van der Waals surface area contributed by atoms with Gasteiger partial charge in [-0.05, 0) is 50.6 Å². The van der Waals surface area contributed by atoms with Gasteiger partial charge in [-0.15, -0.1) is 37.2 Å². The van der Waals surface area contributed by atoms with Crippen LogP contribution in [0.15, 0.2) is 12.3 Å². The lowest BCUT2D eigenvalue weighted by atomic mass is 9.84. The highest BCUT2D eigenvalue weighted by atomic mass is 35.5. The molecule has 2 N–H and O–H groups in total. The van der Waals surface area contributed by atoms with Gasteiger partial charge in [0.1, 0.15) is 11.6 Å². The third-order valence-electron chi connectivity index (χ3n) is 6.02. The highest BCUT2D eigenvalue weighted by molar-refractivity contribution is 5.86. The zero-order valence-corrected chi connectivity index (χ0v) is 18.3. The predicted molar refractivity (Wildman–Crippen MR) is 118 cm³/mol. The summed E-state index contributed by atoms with van der Waals surface area (Å²) in [6, 6.07) is 2.46. The zero-order chi connectivity index (χ0) is 16.4.